The Morgan fingerprint density at radius 2 is 2.12 bits per heavy atom. The summed E-state index contributed by atoms with van der Waals surface area (Å²) < 4.78 is 0. The van der Waals surface area contributed by atoms with Crippen molar-refractivity contribution in [3.8, 4) is 0 Å². The van der Waals surface area contributed by atoms with Crippen LogP contribution < -0.4 is 5.32 Å². The molecule has 0 saturated heterocycles. The quantitative estimate of drug-likeness (QED) is 0.804. The number of rotatable bonds is 5. The molecule has 0 aliphatic heterocycles. The SMILES string of the molecule is Cc1nccnc1C(C)NC(C(=O)O)C1CC1. The van der Waals surface area contributed by atoms with Crippen LogP contribution in [0.25, 0.3) is 0 Å². The summed E-state index contributed by atoms with van der Waals surface area (Å²) >= 11 is 0. The van der Waals surface area contributed by atoms with Crippen molar-refractivity contribution in [3.63, 3.8) is 0 Å². The number of carbonyl (C=O) groups is 1. The second-order valence-electron chi connectivity index (χ2n) is 4.57. The molecule has 2 rings (SSSR count). The van der Waals surface area contributed by atoms with Gasteiger partial charge in [0.25, 0.3) is 0 Å². The average molecular weight is 235 g/mol. The van der Waals surface area contributed by atoms with Crippen molar-refractivity contribution in [1.29, 1.82) is 0 Å². The van der Waals surface area contributed by atoms with E-state index < -0.39 is 12.0 Å². The molecule has 0 amide bonds. The maximum atomic E-state index is 11.1. The Labute approximate surface area is 100 Å². The topological polar surface area (TPSA) is 75.1 Å². The van der Waals surface area contributed by atoms with Gasteiger partial charge in [-0.25, -0.2) is 0 Å². The van der Waals surface area contributed by atoms with Gasteiger partial charge in [0.15, 0.2) is 0 Å². The number of aryl methyl sites for hydroxylation is 1. The Balaban J connectivity index is 2.07. The molecular weight excluding hydrogens is 218 g/mol. The lowest BCUT2D eigenvalue weighted by molar-refractivity contribution is -0.140. The van der Waals surface area contributed by atoms with Gasteiger partial charge >= 0.3 is 5.97 Å². The summed E-state index contributed by atoms with van der Waals surface area (Å²) in [6.07, 6.45) is 5.26. The van der Waals surface area contributed by atoms with Gasteiger partial charge in [-0.1, -0.05) is 0 Å². The molecule has 1 heterocycles. The molecule has 2 atom stereocenters. The highest BCUT2D eigenvalue weighted by Gasteiger charge is 2.37. The van der Waals surface area contributed by atoms with E-state index in [-0.39, 0.29) is 12.0 Å². The molecule has 0 radical (unpaired) electrons. The molecule has 1 saturated carbocycles. The zero-order valence-electron chi connectivity index (χ0n) is 10.1. The van der Waals surface area contributed by atoms with Crippen molar-refractivity contribution in [3.05, 3.63) is 23.8 Å². The van der Waals surface area contributed by atoms with Crippen LogP contribution in [-0.2, 0) is 4.79 Å². The van der Waals surface area contributed by atoms with Gasteiger partial charge in [0.2, 0.25) is 0 Å². The van der Waals surface area contributed by atoms with Gasteiger partial charge in [-0.05, 0) is 32.6 Å². The fraction of sp³-hybridized carbons (Fsp3) is 0.583. The van der Waals surface area contributed by atoms with Crippen LogP contribution in [0.5, 0.6) is 0 Å². The Bertz CT molecular complexity index is 418. The molecule has 17 heavy (non-hydrogen) atoms. The standard InChI is InChI=1S/C12H17N3O2/c1-7-10(14-6-5-13-7)8(2)15-11(12(16)17)9-3-4-9/h5-6,8-9,11,15H,3-4H2,1-2H3,(H,16,17). The van der Waals surface area contributed by atoms with E-state index in [1.165, 1.54) is 0 Å². The third-order valence-electron chi connectivity index (χ3n) is 3.12. The zero-order chi connectivity index (χ0) is 12.4. The monoisotopic (exact) mass is 235 g/mol. The number of carboxylic acids is 1. The molecule has 0 bridgehead atoms. The van der Waals surface area contributed by atoms with Crippen LogP contribution >= 0.6 is 0 Å². The van der Waals surface area contributed by atoms with Crippen molar-refractivity contribution in [2.24, 2.45) is 5.92 Å². The Morgan fingerprint density at radius 1 is 1.47 bits per heavy atom. The number of carboxylic acid groups (broad SMARTS) is 1. The zero-order valence-corrected chi connectivity index (χ0v) is 10.1. The lowest BCUT2D eigenvalue weighted by atomic mass is 10.1. The summed E-state index contributed by atoms with van der Waals surface area (Å²) in [4.78, 5) is 19.5. The van der Waals surface area contributed by atoms with Gasteiger partial charge in [0.1, 0.15) is 6.04 Å². The van der Waals surface area contributed by atoms with E-state index in [4.69, 9.17) is 5.11 Å². The summed E-state index contributed by atoms with van der Waals surface area (Å²) in [5, 5.41) is 12.3. The molecule has 1 aliphatic rings. The molecule has 2 unspecified atom stereocenters. The van der Waals surface area contributed by atoms with Crippen LogP contribution in [0.4, 0.5) is 0 Å². The highest BCUT2D eigenvalue weighted by atomic mass is 16.4. The molecule has 1 fully saturated rings. The summed E-state index contributed by atoms with van der Waals surface area (Å²) in [5.41, 5.74) is 1.66. The van der Waals surface area contributed by atoms with Crippen molar-refractivity contribution in [1.82, 2.24) is 15.3 Å². The van der Waals surface area contributed by atoms with Gasteiger partial charge < -0.3 is 5.11 Å². The molecule has 2 N–H and O–H groups in total. The smallest absolute Gasteiger partial charge is 0.321 e. The van der Waals surface area contributed by atoms with E-state index in [0.29, 0.717) is 0 Å². The summed E-state index contributed by atoms with van der Waals surface area (Å²) in [6.45, 7) is 3.81. The number of aliphatic carboxylic acids is 1. The van der Waals surface area contributed by atoms with E-state index in [1.54, 1.807) is 12.4 Å². The van der Waals surface area contributed by atoms with E-state index in [0.717, 1.165) is 24.2 Å². The molecule has 1 aliphatic carbocycles. The number of nitrogens with one attached hydrogen (secondary N) is 1. The second kappa shape index (κ2) is 4.79. The minimum absolute atomic E-state index is 0.0922. The Kier molecular flexibility index (Phi) is 3.38. The lowest BCUT2D eigenvalue weighted by Crippen LogP contribution is -2.40. The maximum Gasteiger partial charge on any atom is 0.321 e. The largest absolute Gasteiger partial charge is 0.480 e. The molecule has 0 aromatic carbocycles. The van der Waals surface area contributed by atoms with E-state index in [9.17, 15) is 4.79 Å². The first kappa shape index (κ1) is 12.0. The fourth-order valence-electron chi connectivity index (χ4n) is 2.03. The third kappa shape index (κ3) is 2.79. The van der Waals surface area contributed by atoms with Crippen LogP contribution in [0.15, 0.2) is 12.4 Å². The van der Waals surface area contributed by atoms with Gasteiger partial charge in [-0.3, -0.25) is 20.1 Å². The molecule has 1 aromatic rings. The van der Waals surface area contributed by atoms with Crippen molar-refractivity contribution in [2.45, 2.75) is 38.8 Å². The Hall–Kier alpha value is -1.49. The maximum absolute atomic E-state index is 11.1. The number of nitrogens with zero attached hydrogens (tertiary/aromatic N) is 2. The highest BCUT2D eigenvalue weighted by molar-refractivity contribution is 5.74. The predicted octanol–water partition coefficient (Wildman–Crippen LogP) is 1.30. The third-order valence-corrected chi connectivity index (χ3v) is 3.12. The van der Waals surface area contributed by atoms with E-state index >= 15 is 0 Å². The molecule has 0 spiro atoms. The van der Waals surface area contributed by atoms with Crippen molar-refractivity contribution in [2.75, 3.05) is 0 Å². The number of aromatic nitrogens is 2. The average Bonchev–Trinajstić information content (AvgIpc) is 3.09. The van der Waals surface area contributed by atoms with Crippen LogP contribution in [-0.4, -0.2) is 27.1 Å². The molecular formula is C12H17N3O2. The normalized spacial score (nSPS) is 18.7. The van der Waals surface area contributed by atoms with Crippen molar-refractivity contribution < 1.29 is 9.90 Å². The van der Waals surface area contributed by atoms with Gasteiger partial charge in [0.05, 0.1) is 11.4 Å². The van der Waals surface area contributed by atoms with Gasteiger partial charge in [-0.2, -0.15) is 0 Å². The van der Waals surface area contributed by atoms with Gasteiger partial charge in [-0.15, -0.1) is 0 Å². The van der Waals surface area contributed by atoms with Crippen LogP contribution in [0.1, 0.15) is 37.2 Å². The highest BCUT2D eigenvalue weighted by Crippen LogP contribution is 2.33. The van der Waals surface area contributed by atoms with Gasteiger partial charge in [0, 0.05) is 18.4 Å². The first-order valence-electron chi connectivity index (χ1n) is 5.86. The van der Waals surface area contributed by atoms with Crippen LogP contribution in [0.3, 0.4) is 0 Å². The van der Waals surface area contributed by atoms with Crippen LogP contribution in [0.2, 0.25) is 0 Å². The molecule has 1 aromatic heterocycles. The lowest BCUT2D eigenvalue weighted by Gasteiger charge is -2.20. The van der Waals surface area contributed by atoms with Crippen molar-refractivity contribution >= 4 is 5.97 Å². The fourth-order valence-corrected chi connectivity index (χ4v) is 2.03. The minimum atomic E-state index is -0.777. The predicted molar refractivity (Wildman–Crippen MR) is 62.5 cm³/mol. The summed E-state index contributed by atoms with van der Waals surface area (Å²) in [6, 6.07) is -0.559. The molecule has 92 valence electrons. The number of hydrogen-bond acceptors (Lipinski definition) is 4. The van der Waals surface area contributed by atoms with E-state index in [2.05, 4.69) is 15.3 Å². The summed E-state index contributed by atoms with van der Waals surface area (Å²) in [5.74, 6) is -0.507. The van der Waals surface area contributed by atoms with Crippen LogP contribution in [0, 0.1) is 12.8 Å². The minimum Gasteiger partial charge on any atom is -0.480 e. The Morgan fingerprint density at radius 3 is 2.65 bits per heavy atom. The molecule has 5 heteroatoms. The first-order chi connectivity index (χ1) is 8.09. The summed E-state index contributed by atoms with van der Waals surface area (Å²) in [7, 11) is 0. The first-order valence-corrected chi connectivity index (χ1v) is 5.86. The second-order valence-corrected chi connectivity index (χ2v) is 4.57. The van der Waals surface area contributed by atoms with E-state index in [1.807, 2.05) is 13.8 Å². The number of hydrogen-bond donors (Lipinski definition) is 2. The molecule has 5 nitrogen and oxygen atoms in total.